The van der Waals surface area contributed by atoms with Crippen LogP contribution in [0.1, 0.15) is 59.8 Å². The molecule has 0 heterocycles. The molecule has 0 nitrogen and oxygen atoms in total. The van der Waals surface area contributed by atoms with Gasteiger partial charge in [-0.15, -0.1) is 0 Å². The Morgan fingerprint density at radius 1 is 0.846 bits per heavy atom. The van der Waals surface area contributed by atoms with E-state index in [9.17, 15) is 0 Å². The smallest absolute Gasteiger partial charge is 0.0317 e. The van der Waals surface area contributed by atoms with Gasteiger partial charge in [-0.1, -0.05) is 37.1 Å². The highest BCUT2D eigenvalue weighted by atomic mass is 14.0. The van der Waals surface area contributed by atoms with Gasteiger partial charge in [-0.05, 0) is 46.0 Å². The molecule has 0 aromatic rings. The lowest BCUT2D eigenvalue weighted by Gasteiger charge is -2.05. The molecule has 0 atom stereocenters. The van der Waals surface area contributed by atoms with Gasteiger partial charge in [0.2, 0.25) is 0 Å². The minimum atomic E-state index is 1.22. The maximum Gasteiger partial charge on any atom is -0.0317 e. The van der Waals surface area contributed by atoms with E-state index in [2.05, 4.69) is 39.8 Å². The van der Waals surface area contributed by atoms with Gasteiger partial charge in [0, 0.05) is 0 Å². The molecule has 0 saturated carbocycles. The molecule has 0 aliphatic carbocycles. The molecule has 0 N–H and O–H groups in total. The Morgan fingerprint density at radius 2 is 1.23 bits per heavy atom. The second-order valence-electron chi connectivity index (χ2n) is 3.45. The Labute approximate surface area is 83.7 Å². The molecular weight excluding hydrogens is 156 g/mol. The van der Waals surface area contributed by atoms with E-state index in [1.807, 2.05) is 0 Å². The minimum Gasteiger partial charge on any atom is -0.0885 e. The fourth-order valence-electron chi connectivity index (χ4n) is 1.59. The van der Waals surface area contributed by atoms with Crippen LogP contribution in [0.15, 0.2) is 23.3 Å². The van der Waals surface area contributed by atoms with E-state index in [4.69, 9.17) is 0 Å². The first kappa shape index (κ1) is 12.5. The fourth-order valence-corrected chi connectivity index (χ4v) is 1.59. The quantitative estimate of drug-likeness (QED) is 0.512. The van der Waals surface area contributed by atoms with Gasteiger partial charge in [-0.3, -0.25) is 0 Å². The Bertz CT molecular complexity index is 152. The molecule has 0 unspecified atom stereocenters. The maximum absolute atomic E-state index is 2.27. The van der Waals surface area contributed by atoms with Crippen molar-refractivity contribution in [3.63, 3.8) is 0 Å². The van der Waals surface area contributed by atoms with Crippen molar-refractivity contribution in [1.82, 2.24) is 0 Å². The molecule has 0 bridgehead atoms. The number of allylic oxidation sites excluding steroid dienone is 4. The zero-order valence-corrected chi connectivity index (χ0v) is 9.69. The summed E-state index contributed by atoms with van der Waals surface area (Å²) in [6, 6.07) is 0. The maximum atomic E-state index is 2.27. The first-order chi connectivity index (χ1) is 6.28. The summed E-state index contributed by atoms with van der Waals surface area (Å²) in [5.41, 5.74) is 3.21. The number of hydrogen-bond acceptors (Lipinski definition) is 0. The van der Waals surface area contributed by atoms with E-state index >= 15 is 0 Å². The van der Waals surface area contributed by atoms with E-state index < -0.39 is 0 Å². The topological polar surface area (TPSA) is 0 Å². The van der Waals surface area contributed by atoms with Gasteiger partial charge in [0.05, 0.1) is 0 Å². The van der Waals surface area contributed by atoms with Crippen LogP contribution in [0.3, 0.4) is 0 Å². The van der Waals surface area contributed by atoms with Crippen LogP contribution in [0.5, 0.6) is 0 Å². The average Bonchev–Trinajstić information content (AvgIpc) is 2.19. The van der Waals surface area contributed by atoms with Crippen LogP contribution in [0.25, 0.3) is 0 Å². The van der Waals surface area contributed by atoms with Gasteiger partial charge in [0.25, 0.3) is 0 Å². The highest BCUT2D eigenvalue weighted by Gasteiger charge is 1.96. The summed E-state index contributed by atoms with van der Waals surface area (Å²) in [6.45, 7) is 8.78. The minimum absolute atomic E-state index is 1.22. The third kappa shape index (κ3) is 5.68. The standard InChI is InChI=1S/C13H24/c1-5-12(6-2)10-9-11-13(7-3)8-4/h5,7H,6,8-11H2,1-4H3/b12-5-,13-7-. The van der Waals surface area contributed by atoms with Crippen molar-refractivity contribution in [2.75, 3.05) is 0 Å². The summed E-state index contributed by atoms with van der Waals surface area (Å²) in [5, 5.41) is 0. The first-order valence-electron chi connectivity index (χ1n) is 5.56. The van der Waals surface area contributed by atoms with E-state index in [0.717, 1.165) is 0 Å². The van der Waals surface area contributed by atoms with E-state index in [1.165, 1.54) is 32.1 Å². The van der Waals surface area contributed by atoms with Gasteiger partial charge in [-0.2, -0.15) is 0 Å². The van der Waals surface area contributed by atoms with E-state index in [1.54, 1.807) is 11.1 Å². The van der Waals surface area contributed by atoms with Crippen molar-refractivity contribution in [1.29, 1.82) is 0 Å². The molecule has 0 amide bonds. The third-order valence-electron chi connectivity index (χ3n) is 2.72. The van der Waals surface area contributed by atoms with Gasteiger partial charge >= 0.3 is 0 Å². The van der Waals surface area contributed by atoms with Crippen molar-refractivity contribution in [3.05, 3.63) is 23.3 Å². The molecule has 0 aromatic carbocycles. The van der Waals surface area contributed by atoms with E-state index in [0.29, 0.717) is 0 Å². The second-order valence-corrected chi connectivity index (χ2v) is 3.45. The zero-order chi connectivity index (χ0) is 10.1. The van der Waals surface area contributed by atoms with Crippen molar-refractivity contribution in [2.45, 2.75) is 59.8 Å². The van der Waals surface area contributed by atoms with Gasteiger partial charge in [0.15, 0.2) is 0 Å². The average molecular weight is 180 g/mol. The summed E-state index contributed by atoms with van der Waals surface area (Å²) in [6.07, 6.45) is 10.8. The molecular formula is C13H24. The van der Waals surface area contributed by atoms with Crippen LogP contribution in [-0.4, -0.2) is 0 Å². The van der Waals surface area contributed by atoms with Gasteiger partial charge < -0.3 is 0 Å². The van der Waals surface area contributed by atoms with Crippen molar-refractivity contribution >= 4 is 0 Å². The number of hydrogen-bond donors (Lipinski definition) is 0. The Balaban J connectivity index is 3.66. The van der Waals surface area contributed by atoms with Crippen LogP contribution in [-0.2, 0) is 0 Å². The van der Waals surface area contributed by atoms with Gasteiger partial charge in [0.1, 0.15) is 0 Å². The zero-order valence-electron chi connectivity index (χ0n) is 9.69. The molecule has 13 heavy (non-hydrogen) atoms. The monoisotopic (exact) mass is 180 g/mol. The van der Waals surface area contributed by atoms with E-state index in [-0.39, 0.29) is 0 Å². The molecule has 0 rings (SSSR count). The first-order valence-corrected chi connectivity index (χ1v) is 5.56. The molecule has 0 fully saturated rings. The molecule has 0 heteroatoms. The Kier molecular flexibility index (Phi) is 7.77. The Morgan fingerprint density at radius 3 is 1.46 bits per heavy atom. The summed E-state index contributed by atoms with van der Waals surface area (Å²) in [5.74, 6) is 0. The van der Waals surface area contributed by atoms with Crippen LogP contribution in [0.2, 0.25) is 0 Å². The van der Waals surface area contributed by atoms with Crippen molar-refractivity contribution in [2.24, 2.45) is 0 Å². The molecule has 0 spiro atoms. The summed E-state index contributed by atoms with van der Waals surface area (Å²) in [7, 11) is 0. The van der Waals surface area contributed by atoms with Crippen molar-refractivity contribution in [3.8, 4) is 0 Å². The predicted molar refractivity (Wildman–Crippen MR) is 61.9 cm³/mol. The second kappa shape index (κ2) is 8.10. The molecule has 0 saturated heterocycles. The summed E-state index contributed by atoms with van der Waals surface area (Å²) >= 11 is 0. The molecule has 0 radical (unpaired) electrons. The molecule has 0 aromatic heterocycles. The van der Waals surface area contributed by atoms with Crippen LogP contribution in [0, 0.1) is 0 Å². The lowest BCUT2D eigenvalue weighted by molar-refractivity contribution is 0.759. The van der Waals surface area contributed by atoms with Crippen LogP contribution < -0.4 is 0 Å². The highest BCUT2D eigenvalue weighted by Crippen LogP contribution is 2.16. The molecule has 0 aliphatic heterocycles. The fraction of sp³-hybridized carbons (Fsp3) is 0.692. The van der Waals surface area contributed by atoms with Crippen molar-refractivity contribution < 1.29 is 0 Å². The lowest BCUT2D eigenvalue weighted by Crippen LogP contribution is -1.85. The predicted octanol–water partition coefficient (Wildman–Crippen LogP) is 4.87. The Hall–Kier alpha value is -0.520. The SMILES string of the molecule is C/C=C(/CC)CCC/C(=C\C)CC. The normalized spacial score (nSPS) is 13.5. The van der Waals surface area contributed by atoms with Crippen LogP contribution >= 0.6 is 0 Å². The van der Waals surface area contributed by atoms with Crippen LogP contribution in [0.4, 0.5) is 0 Å². The summed E-state index contributed by atoms with van der Waals surface area (Å²) < 4.78 is 0. The van der Waals surface area contributed by atoms with Gasteiger partial charge in [-0.25, -0.2) is 0 Å². The number of rotatable bonds is 6. The third-order valence-corrected chi connectivity index (χ3v) is 2.72. The largest absolute Gasteiger partial charge is 0.0885 e. The lowest BCUT2D eigenvalue weighted by atomic mass is 10.0. The highest BCUT2D eigenvalue weighted by molar-refractivity contribution is 5.03. The summed E-state index contributed by atoms with van der Waals surface area (Å²) in [4.78, 5) is 0. The molecule has 0 aliphatic rings. The molecule has 76 valence electrons.